The maximum Gasteiger partial charge on any atom is 0.515 e. The Morgan fingerprint density at radius 2 is 1.94 bits per heavy atom. The predicted molar refractivity (Wildman–Crippen MR) is 63.9 cm³/mol. The molecule has 0 aliphatic carbocycles. The molecule has 0 N–H and O–H groups in total. The third-order valence-electron chi connectivity index (χ3n) is 2.10. The monoisotopic (exact) mass is 246 g/mol. The highest BCUT2D eigenvalue weighted by Gasteiger charge is 2.25. The Bertz CT molecular complexity index is 534. The maximum absolute atomic E-state index is 11.2. The molecule has 0 fully saturated rings. The van der Waals surface area contributed by atoms with E-state index in [1.54, 1.807) is 31.2 Å². The van der Waals surface area contributed by atoms with Gasteiger partial charge in [0.25, 0.3) is 5.90 Å². The lowest BCUT2D eigenvalue weighted by Gasteiger charge is -2.05. The first kappa shape index (κ1) is 12.0. The van der Waals surface area contributed by atoms with Gasteiger partial charge >= 0.3 is 12.2 Å². The van der Waals surface area contributed by atoms with Crippen LogP contribution in [0.5, 0.6) is 0 Å². The quantitative estimate of drug-likeness (QED) is 0.749. The molecule has 1 aromatic carbocycles. The second kappa shape index (κ2) is 5.22. The number of carbonyl (C=O) groups is 2. The standard InChI is InChI=1S/C12H10N2O4/c1-2-17-12(16)18-10-9(13-11(15)14-10)8-6-4-3-5-7-8/h3-7H,2H2,1H3. The molecule has 0 unspecified atom stereocenters. The Labute approximate surface area is 103 Å². The molecule has 18 heavy (non-hydrogen) atoms. The van der Waals surface area contributed by atoms with Crippen molar-refractivity contribution in [3.63, 3.8) is 0 Å². The molecule has 2 rings (SSSR count). The number of hydrogen-bond acceptors (Lipinski definition) is 4. The Kier molecular flexibility index (Phi) is 3.47. The number of aliphatic imine (C=N–C) groups is 2. The van der Waals surface area contributed by atoms with E-state index in [9.17, 15) is 9.59 Å². The van der Waals surface area contributed by atoms with Crippen molar-refractivity contribution in [2.45, 2.75) is 6.92 Å². The van der Waals surface area contributed by atoms with E-state index < -0.39 is 12.2 Å². The Hall–Kier alpha value is -2.50. The van der Waals surface area contributed by atoms with Gasteiger partial charge in [0.2, 0.25) is 0 Å². The van der Waals surface area contributed by atoms with Crippen molar-refractivity contribution in [3.05, 3.63) is 35.9 Å². The third-order valence-corrected chi connectivity index (χ3v) is 2.10. The van der Waals surface area contributed by atoms with E-state index in [2.05, 4.69) is 14.7 Å². The summed E-state index contributed by atoms with van der Waals surface area (Å²) in [5.41, 5.74) is 0.875. The fraction of sp³-hybridized carbons (Fsp3) is 0.167. The molecule has 6 nitrogen and oxygen atoms in total. The molecular formula is C12H10N2O4. The van der Waals surface area contributed by atoms with Crippen molar-refractivity contribution < 1.29 is 19.1 Å². The Morgan fingerprint density at radius 1 is 1.22 bits per heavy atom. The first-order valence-corrected chi connectivity index (χ1v) is 5.32. The summed E-state index contributed by atoms with van der Waals surface area (Å²) in [5, 5.41) is 0. The predicted octanol–water partition coefficient (Wildman–Crippen LogP) is 2.18. The molecule has 0 bridgehead atoms. The van der Waals surface area contributed by atoms with Crippen LogP contribution in [0.1, 0.15) is 12.5 Å². The average molecular weight is 246 g/mol. The molecule has 1 aliphatic heterocycles. The van der Waals surface area contributed by atoms with Crippen LogP contribution in [0.25, 0.3) is 0 Å². The molecule has 0 aromatic heterocycles. The van der Waals surface area contributed by atoms with Crippen LogP contribution in [-0.2, 0) is 9.47 Å². The second-order valence-corrected chi connectivity index (χ2v) is 3.31. The van der Waals surface area contributed by atoms with Crippen molar-refractivity contribution >= 4 is 23.8 Å². The molecule has 6 heteroatoms. The van der Waals surface area contributed by atoms with Crippen molar-refractivity contribution in [1.29, 1.82) is 0 Å². The van der Waals surface area contributed by atoms with Crippen LogP contribution in [0.3, 0.4) is 0 Å². The first-order valence-electron chi connectivity index (χ1n) is 5.32. The van der Waals surface area contributed by atoms with Gasteiger partial charge in [0.05, 0.1) is 6.61 Å². The molecule has 0 saturated heterocycles. The van der Waals surface area contributed by atoms with E-state index in [1.165, 1.54) is 0 Å². The summed E-state index contributed by atoms with van der Waals surface area (Å²) >= 11 is 0. The smallest absolute Gasteiger partial charge is 0.434 e. The largest absolute Gasteiger partial charge is 0.515 e. The van der Waals surface area contributed by atoms with Gasteiger partial charge in [-0.25, -0.2) is 9.59 Å². The van der Waals surface area contributed by atoms with Crippen LogP contribution in [-0.4, -0.2) is 30.4 Å². The molecule has 92 valence electrons. The van der Waals surface area contributed by atoms with Gasteiger partial charge in [-0.15, -0.1) is 0 Å². The minimum absolute atomic E-state index is 0.135. The van der Waals surface area contributed by atoms with E-state index in [4.69, 9.17) is 4.74 Å². The van der Waals surface area contributed by atoms with E-state index in [0.717, 1.165) is 0 Å². The molecule has 0 radical (unpaired) electrons. The summed E-state index contributed by atoms with van der Waals surface area (Å²) in [6, 6.07) is 8.16. The average Bonchev–Trinajstić information content (AvgIpc) is 2.71. The zero-order valence-corrected chi connectivity index (χ0v) is 9.62. The van der Waals surface area contributed by atoms with Gasteiger partial charge in [0.15, 0.2) is 0 Å². The fourth-order valence-corrected chi connectivity index (χ4v) is 1.39. The molecule has 1 heterocycles. The lowest BCUT2D eigenvalue weighted by molar-refractivity contribution is 0.102. The van der Waals surface area contributed by atoms with Crippen molar-refractivity contribution in [2.75, 3.05) is 6.61 Å². The highest BCUT2D eigenvalue weighted by molar-refractivity contribution is 6.51. The number of ether oxygens (including phenoxy) is 2. The van der Waals surface area contributed by atoms with Gasteiger partial charge in [-0.3, -0.25) is 0 Å². The van der Waals surface area contributed by atoms with Gasteiger partial charge in [0, 0.05) is 5.56 Å². The van der Waals surface area contributed by atoms with E-state index in [1.807, 2.05) is 6.07 Å². The zero-order valence-electron chi connectivity index (χ0n) is 9.62. The Morgan fingerprint density at radius 3 is 2.61 bits per heavy atom. The summed E-state index contributed by atoms with van der Waals surface area (Å²) in [6.45, 7) is 1.83. The first-order chi connectivity index (χ1) is 8.70. The number of benzene rings is 1. The number of rotatable bonds is 2. The van der Waals surface area contributed by atoms with E-state index in [-0.39, 0.29) is 18.2 Å². The molecule has 0 saturated carbocycles. The van der Waals surface area contributed by atoms with Crippen LogP contribution in [0.2, 0.25) is 0 Å². The van der Waals surface area contributed by atoms with Crippen LogP contribution in [0.4, 0.5) is 9.59 Å². The Balaban J connectivity index is 2.21. The molecule has 1 aliphatic rings. The highest BCUT2D eigenvalue weighted by atomic mass is 16.7. The summed E-state index contributed by atoms with van der Waals surface area (Å²) in [4.78, 5) is 29.6. The maximum atomic E-state index is 11.2. The van der Waals surface area contributed by atoms with Gasteiger partial charge in [-0.1, -0.05) is 30.3 Å². The minimum atomic E-state index is -0.908. The van der Waals surface area contributed by atoms with Crippen LogP contribution in [0, 0.1) is 0 Å². The molecule has 0 spiro atoms. The summed E-state index contributed by atoms with van der Waals surface area (Å²) in [6.07, 6.45) is -0.908. The minimum Gasteiger partial charge on any atom is -0.434 e. The van der Waals surface area contributed by atoms with E-state index in [0.29, 0.717) is 5.56 Å². The fourth-order valence-electron chi connectivity index (χ4n) is 1.39. The molecular weight excluding hydrogens is 236 g/mol. The van der Waals surface area contributed by atoms with Gasteiger partial charge in [0.1, 0.15) is 5.71 Å². The number of hydrogen-bond donors (Lipinski definition) is 0. The number of carbonyl (C=O) groups excluding carboxylic acids is 2. The molecule has 1 aromatic rings. The lowest BCUT2D eigenvalue weighted by Crippen LogP contribution is -2.21. The van der Waals surface area contributed by atoms with Crippen LogP contribution >= 0.6 is 0 Å². The topological polar surface area (TPSA) is 77.3 Å². The van der Waals surface area contributed by atoms with Crippen LogP contribution < -0.4 is 0 Å². The SMILES string of the molecule is CCOC(=O)OC1=NC(=O)N=C1c1ccccc1. The van der Waals surface area contributed by atoms with E-state index >= 15 is 0 Å². The summed E-state index contributed by atoms with van der Waals surface area (Å²) < 4.78 is 9.44. The van der Waals surface area contributed by atoms with Gasteiger partial charge < -0.3 is 9.47 Å². The molecule has 0 atom stereocenters. The van der Waals surface area contributed by atoms with Crippen LogP contribution in [0.15, 0.2) is 40.3 Å². The summed E-state index contributed by atoms with van der Waals surface area (Å²) in [5.74, 6) is -0.135. The second-order valence-electron chi connectivity index (χ2n) is 3.31. The normalized spacial score (nSPS) is 13.9. The van der Waals surface area contributed by atoms with Crippen molar-refractivity contribution in [3.8, 4) is 0 Å². The lowest BCUT2D eigenvalue weighted by atomic mass is 10.1. The van der Waals surface area contributed by atoms with Crippen molar-refractivity contribution in [1.82, 2.24) is 0 Å². The number of nitrogens with zero attached hydrogens (tertiary/aromatic N) is 2. The summed E-state index contributed by atoms with van der Waals surface area (Å²) in [7, 11) is 0. The number of urea groups is 1. The van der Waals surface area contributed by atoms with Gasteiger partial charge in [-0.2, -0.15) is 9.98 Å². The van der Waals surface area contributed by atoms with Crippen molar-refractivity contribution in [2.24, 2.45) is 9.98 Å². The number of amides is 2. The zero-order chi connectivity index (χ0) is 13.0. The highest BCUT2D eigenvalue weighted by Crippen LogP contribution is 2.11. The molecule has 2 amide bonds. The van der Waals surface area contributed by atoms with Gasteiger partial charge in [-0.05, 0) is 6.92 Å². The third kappa shape index (κ3) is 2.60.